The first-order valence-electron chi connectivity index (χ1n) is 7.99. The van der Waals surface area contributed by atoms with Gasteiger partial charge in [0.25, 0.3) is 5.91 Å². The minimum Gasteiger partial charge on any atom is -0.482 e. The van der Waals surface area contributed by atoms with Gasteiger partial charge in [-0.3, -0.25) is 4.79 Å². The van der Waals surface area contributed by atoms with Crippen molar-refractivity contribution in [1.82, 2.24) is 10.0 Å². The second kappa shape index (κ2) is 9.07. The quantitative estimate of drug-likeness (QED) is 0.674. The number of hydrogen-bond acceptors (Lipinski definition) is 5. The Morgan fingerprint density at radius 2 is 2.08 bits per heavy atom. The van der Waals surface area contributed by atoms with Gasteiger partial charge < -0.3 is 14.5 Å². The van der Waals surface area contributed by atoms with E-state index >= 15 is 0 Å². The van der Waals surface area contributed by atoms with E-state index in [0.717, 1.165) is 0 Å². The Balaban J connectivity index is 1.91. The van der Waals surface area contributed by atoms with E-state index in [-0.39, 0.29) is 40.6 Å². The van der Waals surface area contributed by atoms with Crippen molar-refractivity contribution < 1.29 is 22.4 Å². The number of furan rings is 1. The first kappa shape index (κ1) is 20.3. The second-order valence-electron chi connectivity index (χ2n) is 5.98. The van der Waals surface area contributed by atoms with Crippen LogP contribution in [0.25, 0.3) is 0 Å². The number of carbonyl (C=O) groups is 1. The van der Waals surface area contributed by atoms with Gasteiger partial charge in [-0.1, -0.05) is 25.4 Å². The molecule has 0 unspecified atom stereocenters. The van der Waals surface area contributed by atoms with Crippen molar-refractivity contribution in [2.24, 2.45) is 5.92 Å². The Bertz CT molecular complexity index is 835. The summed E-state index contributed by atoms with van der Waals surface area (Å²) in [5.41, 5.74) is 0. The van der Waals surface area contributed by atoms with Crippen molar-refractivity contribution in [3.8, 4) is 5.75 Å². The molecule has 2 N–H and O–H groups in total. The zero-order valence-electron chi connectivity index (χ0n) is 14.5. The summed E-state index contributed by atoms with van der Waals surface area (Å²) in [6.07, 6.45) is 1.52. The van der Waals surface area contributed by atoms with Crippen LogP contribution in [0.15, 0.2) is 45.9 Å². The molecule has 1 aromatic heterocycles. The number of benzene rings is 1. The van der Waals surface area contributed by atoms with Crippen molar-refractivity contribution >= 4 is 27.5 Å². The minimum absolute atomic E-state index is 0.0396. The first-order chi connectivity index (χ1) is 12.3. The molecule has 142 valence electrons. The summed E-state index contributed by atoms with van der Waals surface area (Å²) in [7, 11) is -3.64. The Kier molecular flexibility index (Phi) is 7.07. The standard InChI is InChI=1S/C17H21ClN2O5S/c1-12(2)9-20-26(22,23)14-5-6-16(15(18)8-14)25-11-17(21)19-10-13-4-3-7-24-13/h3-8,12,20H,9-11H2,1-2H3,(H,19,21). The highest BCUT2D eigenvalue weighted by molar-refractivity contribution is 7.89. The Labute approximate surface area is 157 Å². The largest absolute Gasteiger partial charge is 0.482 e. The SMILES string of the molecule is CC(C)CNS(=O)(=O)c1ccc(OCC(=O)NCc2ccco2)c(Cl)c1. The van der Waals surface area contributed by atoms with Gasteiger partial charge >= 0.3 is 0 Å². The number of sulfonamides is 1. The molecular formula is C17H21ClN2O5S. The van der Waals surface area contributed by atoms with Gasteiger partial charge in [-0.05, 0) is 36.2 Å². The minimum atomic E-state index is -3.64. The fourth-order valence-corrected chi connectivity index (χ4v) is 3.46. The maximum atomic E-state index is 12.2. The molecule has 1 amide bonds. The Hall–Kier alpha value is -2.03. The summed E-state index contributed by atoms with van der Waals surface area (Å²) in [6, 6.07) is 7.56. The van der Waals surface area contributed by atoms with Gasteiger partial charge in [-0.2, -0.15) is 0 Å². The normalized spacial score (nSPS) is 11.5. The molecule has 0 saturated heterocycles. The number of carbonyl (C=O) groups excluding carboxylic acids is 1. The number of amides is 1. The third-order valence-electron chi connectivity index (χ3n) is 3.29. The molecule has 0 aliphatic carbocycles. The molecule has 0 aliphatic heterocycles. The summed E-state index contributed by atoms with van der Waals surface area (Å²) < 4.78 is 37.3. The van der Waals surface area contributed by atoms with Crippen LogP contribution in [0.5, 0.6) is 5.75 Å². The molecule has 0 bridgehead atoms. The summed E-state index contributed by atoms with van der Waals surface area (Å²) in [6.45, 7) is 4.14. The molecule has 1 aromatic carbocycles. The van der Waals surface area contributed by atoms with E-state index in [9.17, 15) is 13.2 Å². The smallest absolute Gasteiger partial charge is 0.258 e. The van der Waals surface area contributed by atoms with Crippen molar-refractivity contribution in [2.45, 2.75) is 25.3 Å². The molecule has 2 rings (SSSR count). The average molecular weight is 401 g/mol. The molecular weight excluding hydrogens is 380 g/mol. The molecule has 0 spiro atoms. The molecule has 0 saturated carbocycles. The topological polar surface area (TPSA) is 97.6 Å². The predicted octanol–water partition coefficient (Wildman–Crippen LogP) is 2.56. The fraction of sp³-hybridized carbons (Fsp3) is 0.353. The van der Waals surface area contributed by atoms with Crippen LogP contribution in [0, 0.1) is 5.92 Å². The van der Waals surface area contributed by atoms with Gasteiger partial charge in [0.05, 0.1) is 22.7 Å². The lowest BCUT2D eigenvalue weighted by atomic mass is 10.2. The number of nitrogens with one attached hydrogen (secondary N) is 2. The van der Waals surface area contributed by atoms with Crippen LogP contribution < -0.4 is 14.8 Å². The maximum Gasteiger partial charge on any atom is 0.258 e. The maximum absolute atomic E-state index is 12.2. The Morgan fingerprint density at radius 3 is 2.69 bits per heavy atom. The molecule has 26 heavy (non-hydrogen) atoms. The molecule has 2 aromatic rings. The molecule has 0 radical (unpaired) electrons. The van der Waals surface area contributed by atoms with Gasteiger partial charge in [-0.25, -0.2) is 13.1 Å². The molecule has 0 fully saturated rings. The van der Waals surface area contributed by atoms with E-state index < -0.39 is 10.0 Å². The summed E-state index contributed by atoms with van der Waals surface area (Å²) >= 11 is 6.08. The third kappa shape index (κ3) is 6.05. The number of rotatable bonds is 9. The lowest BCUT2D eigenvalue weighted by Gasteiger charge is -2.11. The van der Waals surface area contributed by atoms with Crippen LogP contribution in [0.4, 0.5) is 0 Å². The van der Waals surface area contributed by atoms with E-state index in [1.54, 1.807) is 12.1 Å². The van der Waals surface area contributed by atoms with Crippen LogP contribution in [0.2, 0.25) is 5.02 Å². The summed E-state index contributed by atoms with van der Waals surface area (Å²) in [4.78, 5) is 11.8. The lowest BCUT2D eigenvalue weighted by Crippen LogP contribution is -2.28. The van der Waals surface area contributed by atoms with Crippen LogP contribution in [0.1, 0.15) is 19.6 Å². The summed E-state index contributed by atoms with van der Waals surface area (Å²) in [5.74, 6) is 0.678. The van der Waals surface area contributed by atoms with Gasteiger partial charge in [0.15, 0.2) is 6.61 Å². The van der Waals surface area contributed by atoms with Gasteiger partial charge in [0.1, 0.15) is 11.5 Å². The van der Waals surface area contributed by atoms with E-state index in [1.807, 2.05) is 13.8 Å². The van der Waals surface area contributed by atoms with Crippen molar-refractivity contribution in [3.05, 3.63) is 47.4 Å². The van der Waals surface area contributed by atoms with E-state index in [0.29, 0.717) is 12.3 Å². The van der Waals surface area contributed by atoms with Crippen LogP contribution in [-0.2, 0) is 21.4 Å². The predicted molar refractivity (Wildman–Crippen MR) is 97.5 cm³/mol. The number of halogens is 1. The molecule has 7 nitrogen and oxygen atoms in total. The highest BCUT2D eigenvalue weighted by Crippen LogP contribution is 2.27. The van der Waals surface area contributed by atoms with Gasteiger partial charge in [-0.15, -0.1) is 0 Å². The zero-order valence-corrected chi connectivity index (χ0v) is 16.1. The van der Waals surface area contributed by atoms with Crippen LogP contribution in [0.3, 0.4) is 0 Å². The zero-order chi connectivity index (χ0) is 19.2. The van der Waals surface area contributed by atoms with Gasteiger partial charge in [0.2, 0.25) is 10.0 Å². The van der Waals surface area contributed by atoms with Crippen molar-refractivity contribution in [1.29, 1.82) is 0 Å². The highest BCUT2D eigenvalue weighted by Gasteiger charge is 2.16. The van der Waals surface area contributed by atoms with Crippen LogP contribution >= 0.6 is 11.6 Å². The molecule has 0 aliphatic rings. The lowest BCUT2D eigenvalue weighted by molar-refractivity contribution is -0.123. The van der Waals surface area contributed by atoms with Crippen molar-refractivity contribution in [3.63, 3.8) is 0 Å². The van der Waals surface area contributed by atoms with Crippen molar-refractivity contribution in [2.75, 3.05) is 13.2 Å². The fourth-order valence-electron chi connectivity index (χ4n) is 1.92. The number of ether oxygens (including phenoxy) is 1. The van der Waals surface area contributed by atoms with Gasteiger partial charge in [0, 0.05) is 6.54 Å². The van der Waals surface area contributed by atoms with E-state index in [1.165, 1.54) is 24.5 Å². The Morgan fingerprint density at radius 1 is 1.31 bits per heavy atom. The monoisotopic (exact) mass is 400 g/mol. The molecule has 0 atom stereocenters. The highest BCUT2D eigenvalue weighted by atomic mass is 35.5. The van der Waals surface area contributed by atoms with Crippen LogP contribution in [-0.4, -0.2) is 27.5 Å². The first-order valence-corrected chi connectivity index (χ1v) is 9.85. The van der Waals surface area contributed by atoms with E-state index in [4.69, 9.17) is 20.8 Å². The molecule has 9 heteroatoms. The third-order valence-corrected chi connectivity index (χ3v) is 5.01. The van der Waals surface area contributed by atoms with E-state index in [2.05, 4.69) is 10.0 Å². The number of hydrogen-bond donors (Lipinski definition) is 2. The average Bonchev–Trinajstić information content (AvgIpc) is 3.10. The molecule has 1 heterocycles. The second-order valence-corrected chi connectivity index (χ2v) is 8.16. The summed E-state index contributed by atoms with van der Waals surface area (Å²) in [5, 5.41) is 2.74.